The molecule has 2 rings (SSSR count). The van der Waals surface area contributed by atoms with Crippen LogP contribution in [0.2, 0.25) is 0 Å². The summed E-state index contributed by atoms with van der Waals surface area (Å²) in [6, 6.07) is 3.31. The van der Waals surface area contributed by atoms with Gasteiger partial charge in [-0.25, -0.2) is 0 Å². The van der Waals surface area contributed by atoms with Gasteiger partial charge in [-0.2, -0.15) is 0 Å². The van der Waals surface area contributed by atoms with Crippen molar-refractivity contribution < 1.29 is 9.72 Å². The summed E-state index contributed by atoms with van der Waals surface area (Å²) in [5.41, 5.74) is 1.86. The Bertz CT molecular complexity index is 530. The Labute approximate surface area is 109 Å². The van der Waals surface area contributed by atoms with Crippen molar-refractivity contribution in [3.63, 3.8) is 0 Å². The van der Waals surface area contributed by atoms with Gasteiger partial charge < -0.3 is 4.90 Å². The van der Waals surface area contributed by atoms with E-state index in [1.165, 1.54) is 11.0 Å². The van der Waals surface area contributed by atoms with Crippen molar-refractivity contribution in [2.24, 2.45) is 0 Å². The molecule has 1 unspecified atom stereocenters. The average molecular weight is 269 g/mol. The Hall–Kier alpha value is -1.62. The fourth-order valence-electron chi connectivity index (χ4n) is 2.31. The molecule has 1 saturated heterocycles. The number of nitro groups is 1. The largest absolute Gasteiger partial charge is 0.305 e. The van der Waals surface area contributed by atoms with Gasteiger partial charge >= 0.3 is 0 Å². The molecule has 0 aromatic heterocycles. The molecule has 1 heterocycles. The second-order valence-electron chi connectivity index (χ2n) is 4.51. The van der Waals surface area contributed by atoms with E-state index >= 15 is 0 Å². The first-order chi connectivity index (χ1) is 8.40. The van der Waals surface area contributed by atoms with Crippen molar-refractivity contribution in [3.8, 4) is 0 Å². The maximum atomic E-state index is 11.8. The van der Waals surface area contributed by atoms with Crippen LogP contribution in [0.4, 0.5) is 11.4 Å². The molecule has 1 amide bonds. The molecule has 1 aliphatic heterocycles. The Morgan fingerprint density at radius 1 is 1.44 bits per heavy atom. The molecule has 1 atom stereocenters. The van der Waals surface area contributed by atoms with Crippen molar-refractivity contribution in [3.05, 3.63) is 33.4 Å². The highest BCUT2D eigenvalue weighted by Gasteiger charge is 2.34. The van der Waals surface area contributed by atoms with E-state index in [9.17, 15) is 14.9 Å². The van der Waals surface area contributed by atoms with Crippen LogP contribution >= 0.6 is 11.6 Å². The molecule has 1 aromatic carbocycles. The third-order valence-electron chi connectivity index (χ3n) is 2.97. The predicted molar refractivity (Wildman–Crippen MR) is 69.2 cm³/mol. The number of nitro benzene ring substituents is 1. The van der Waals surface area contributed by atoms with E-state index in [2.05, 4.69) is 0 Å². The van der Waals surface area contributed by atoms with E-state index in [4.69, 9.17) is 11.6 Å². The number of amides is 1. The Kier molecular flexibility index (Phi) is 3.26. The van der Waals surface area contributed by atoms with Crippen molar-refractivity contribution in [1.29, 1.82) is 0 Å². The second-order valence-corrected chi connectivity index (χ2v) is 5.13. The van der Waals surface area contributed by atoms with Gasteiger partial charge in [-0.05, 0) is 25.0 Å². The van der Waals surface area contributed by atoms with Crippen LogP contribution in [0.1, 0.15) is 17.5 Å². The number of rotatable bonds is 2. The number of benzene rings is 1. The summed E-state index contributed by atoms with van der Waals surface area (Å²) >= 11 is 5.93. The van der Waals surface area contributed by atoms with Crippen molar-refractivity contribution in [2.45, 2.75) is 25.6 Å². The van der Waals surface area contributed by atoms with Gasteiger partial charge in [0.05, 0.1) is 10.3 Å². The van der Waals surface area contributed by atoms with Gasteiger partial charge in [-0.1, -0.05) is 6.07 Å². The summed E-state index contributed by atoms with van der Waals surface area (Å²) in [5, 5.41) is 10.8. The smallest absolute Gasteiger partial charge is 0.293 e. The highest BCUT2D eigenvalue weighted by Crippen LogP contribution is 2.36. The SMILES string of the molecule is Cc1cc(C)c(N2CC(Cl)CC2=O)c([N+](=O)[O-])c1. The molecule has 5 nitrogen and oxygen atoms in total. The van der Waals surface area contributed by atoms with Gasteiger partial charge in [0.25, 0.3) is 5.69 Å². The van der Waals surface area contributed by atoms with Crippen LogP contribution in [-0.2, 0) is 4.79 Å². The fraction of sp³-hybridized carbons (Fsp3) is 0.417. The Morgan fingerprint density at radius 2 is 2.11 bits per heavy atom. The number of hydrogen-bond acceptors (Lipinski definition) is 3. The summed E-state index contributed by atoms with van der Waals surface area (Å²) in [6.07, 6.45) is 0.228. The maximum absolute atomic E-state index is 11.8. The molecule has 6 heteroatoms. The zero-order chi connectivity index (χ0) is 13.4. The number of halogens is 1. The van der Waals surface area contributed by atoms with Gasteiger partial charge in [0, 0.05) is 19.0 Å². The van der Waals surface area contributed by atoms with E-state index in [1.807, 2.05) is 6.07 Å². The predicted octanol–water partition coefficient (Wildman–Crippen LogP) is 2.56. The fourth-order valence-corrected chi connectivity index (χ4v) is 2.58. The lowest BCUT2D eigenvalue weighted by Crippen LogP contribution is -2.26. The zero-order valence-electron chi connectivity index (χ0n) is 10.1. The minimum absolute atomic E-state index is 0.0355. The zero-order valence-corrected chi connectivity index (χ0v) is 10.9. The van der Waals surface area contributed by atoms with Crippen molar-refractivity contribution >= 4 is 28.9 Å². The van der Waals surface area contributed by atoms with Crippen LogP contribution in [0.15, 0.2) is 12.1 Å². The number of aryl methyl sites for hydroxylation is 2. The second kappa shape index (κ2) is 4.57. The highest BCUT2D eigenvalue weighted by atomic mass is 35.5. The minimum Gasteiger partial charge on any atom is -0.305 e. The van der Waals surface area contributed by atoms with Gasteiger partial charge in [-0.3, -0.25) is 14.9 Å². The Morgan fingerprint density at radius 3 is 2.61 bits per heavy atom. The van der Waals surface area contributed by atoms with Gasteiger partial charge in [-0.15, -0.1) is 11.6 Å². The topological polar surface area (TPSA) is 63.5 Å². The summed E-state index contributed by atoms with van der Waals surface area (Å²) in [6.45, 7) is 3.88. The molecule has 0 saturated carbocycles. The summed E-state index contributed by atoms with van der Waals surface area (Å²) < 4.78 is 0. The summed E-state index contributed by atoms with van der Waals surface area (Å²) in [5.74, 6) is -0.162. The van der Waals surface area contributed by atoms with Crippen LogP contribution < -0.4 is 4.90 Å². The quantitative estimate of drug-likeness (QED) is 0.470. The van der Waals surface area contributed by atoms with Gasteiger partial charge in [0.2, 0.25) is 5.91 Å². The lowest BCUT2D eigenvalue weighted by Gasteiger charge is -2.18. The van der Waals surface area contributed by atoms with Crippen LogP contribution in [0.5, 0.6) is 0 Å². The van der Waals surface area contributed by atoms with E-state index < -0.39 is 4.92 Å². The minimum atomic E-state index is -0.454. The van der Waals surface area contributed by atoms with Crippen molar-refractivity contribution in [2.75, 3.05) is 11.4 Å². The molecule has 1 aromatic rings. The summed E-state index contributed by atoms with van der Waals surface area (Å²) in [7, 11) is 0. The number of anilines is 1. The van der Waals surface area contributed by atoms with E-state index in [-0.39, 0.29) is 23.4 Å². The molecule has 1 fully saturated rings. The van der Waals surface area contributed by atoms with Gasteiger partial charge in [0.1, 0.15) is 5.69 Å². The van der Waals surface area contributed by atoms with Crippen LogP contribution in [0.25, 0.3) is 0 Å². The number of carbonyl (C=O) groups is 1. The third kappa shape index (κ3) is 2.18. The van der Waals surface area contributed by atoms with E-state index in [0.717, 1.165) is 11.1 Å². The first kappa shape index (κ1) is 12.8. The standard InChI is InChI=1S/C12H13ClN2O3/c1-7-3-8(2)12(10(4-7)15(17)18)14-6-9(13)5-11(14)16/h3-4,9H,5-6H2,1-2H3. The average Bonchev–Trinajstić information content (AvgIpc) is 2.56. The molecular formula is C12H13ClN2O3. The van der Waals surface area contributed by atoms with E-state index in [0.29, 0.717) is 12.2 Å². The lowest BCUT2D eigenvalue weighted by molar-refractivity contribution is -0.384. The maximum Gasteiger partial charge on any atom is 0.293 e. The molecule has 0 N–H and O–H groups in total. The lowest BCUT2D eigenvalue weighted by atomic mass is 10.1. The van der Waals surface area contributed by atoms with Crippen LogP contribution in [-0.4, -0.2) is 22.8 Å². The van der Waals surface area contributed by atoms with Crippen LogP contribution in [0, 0.1) is 24.0 Å². The van der Waals surface area contributed by atoms with E-state index in [1.54, 1.807) is 13.8 Å². The number of alkyl halides is 1. The number of hydrogen-bond donors (Lipinski definition) is 0. The molecule has 0 aliphatic carbocycles. The molecule has 18 heavy (non-hydrogen) atoms. The first-order valence-corrected chi connectivity index (χ1v) is 6.04. The monoisotopic (exact) mass is 268 g/mol. The molecule has 0 radical (unpaired) electrons. The Balaban J connectivity index is 2.56. The normalized spacial score (nSPS) is 19.4. The molecule has 0 spiro atoms. The third-order valence-corrected chi connectivity index (χ3v) is 3.26. The van der Waals surface area contributed by atoms with Gasteiger partial charge in [0.15, 0.2) is 0 Å². The molecule has 96 valence electrons. The number of nitrogens with zero attached hydrogens (tertiary/aromatic N) is 2. The molecule has 1 aliphatic rings. The molecule has 0 bridgehead atoms. The van der Waals surface area contributed by atoms with Crippen molar-refractivity contribution in [1.82, 2.24) is 0 Å². The van der Waals surface area contributed by atoms with Crippen LogP contribution in [0.3, 0.4) is 0 Å². The first-order valence-electron chi connectivity index (χ1n) is 5.60. The highest BCUT2D eigenvalue weighted by molar-refractivity contribution is 6.24. The molecular weight excluding hydrogens is 256 g/mol. The number of carbonyl (C=O) groups excluding carboxylic acids is 1. The summed E-state index contributed by atoms with van der Waals surface area (Å²) in [4.78, 5) is 23.9.